The molecule has 0 saturated heterocycles. The van der Waals surface area contributed by atoms with Gasteiger partial charge in [0.2, 0.25) is 0 Å². The third-order valence-electron chi connectivity index (χ3n) is 20.3. The van der Waals surface area contributed by atoms with Gasteiger partial charge in [0, 0.05) is 61.6 Å². The first-order chi connectivity index (χ1) is 40.8. The van der Waals surface area contributed by atoms with Gasteiger partial charge in [0.25, 0.3) is 6.71 Å². The molecule has 1 saturated carbocycles. The average Bonchev–Trinajstić information content (AvgIpc) is 1.58. The molecule has 15 rings (SSSR count). The summed E-state index contributed by atoms with van der Waals surface area (Å²) < 4.78 is 6.73. The molecule has 0 radical (unpaired) electrons. The highest BCUT2D eigenvalue weighted by molar-refractivity contribution is 7.00. The number of hydrogen-bond donors (Lipinski definition) is 0. The number of fused-ring (bicyclic) bond motifs is 10. The van der Waals surface area contributed by atoms with Crippen molar-refractivity contribution in [2.45, 2.75) is 129 Å². The maximum absolute atomic E-state index is 6.73. The maximum Gasteiger partial charge on any atom is 0.252 e. The fourth-order valence-corrected chi connectivity index (χ4v) is 15.4. The molecule has 4 nitrogen and oxygen atoms in total. The highest BCUT2D eigenvalue weighted by Crippen LogP contribution is 2.63. The number of furan rings is 1. The summed E-state index contributed by atoms with van der Waals surface area (Å²) in [7, 11) is 0. The highest BCUT2D eigenvalue weighted by atomic mass is 16.3. The Balaban J connectivity index is 1.09. The summed E-state index contributed by atoms with van der Waals surface area (Å²) in [4.78, 5) is 8.07. The van der Waals surface area contributed by atoms with E-state index < -0.39 is 0 Å². The van der Waals surface area contributed by atoms with Crippen LogP contribution in [0.25, 0.3) is 55.3 Å². The van der Waals surface area contributed by atoms with Crippen molar-refractivity contribution in [1.29, 1.82) is 0 Å². The van der Waals surface area contributed by atoms with Gasteiger partial charge in [-0.1, -0.05) is 216 Å². The first-order valence-electron chi connectivity index (χ1n) is 31.1. The third-order valence-corrected chi connectivity index (χ3v) is 20.3. The van der Waals surface area contributed by atoms with Crippen molar-refractivity contribution < 1.29 is 4.42 Å². The van der Waals surface area contributed by atoms with E-state index in [9.17, 15) is 0 Å². The van der Waals surface area contributed by atoms with Crippen LogP contribution >= 0.6 is 0 Å². The van der Waals surface area contributed by atoms with Gasteiger partial charge >= 0.3 is 0 Å². The van der Waals surface area contributed by atoms with Gasteiger partial charge in [-0.05, 0) is 181 Å². The zero-order valence-electron chi connectivity index (χ0n) is 51.4. The van der Waals surface area contributed by atoms with E-state index in [-0.39, 0.29) is 33.9 Å². The molecule has 0 bridgehead atoms. The number of rotatable bonds is 7. The van der Waals surface area contributed by atoms with Crippen molar-refractivity contribution in [3.05, 3.63) is 235 Å². The molecule has 4 heterocycles. The van der Waals surface area contributed by atoms with E-state index in [1.54, 1.807) is 0 Å². The Morgan fingerprint density at radius 3 is 1.69 bits per heavy atom. The predicted molar refractivity (Wildman–Crippen MR) is 363 cm³/mol. The van der Waals surface area contributed by atoms with E-state index in [0.717, 1.165) is 57.5 Å². The van der Waals surface area contributed by atoms with Crippen molar-refractivity contribution in [2.24, 2.45) is 0 Å². The lowest BCUT2D eigenvalue weighted by atomic mass is 9.33. The number of para-hydroxylation sites is 1. The van der Waals surface area contributed by atoms with Gasteiger partial charge < -0.3 is 19.1 Å². The summed E-state index contributed by atoms with van der Waals surface area (Å²) in [5.41, 5.74) is 27.8. The number of anilines is 8. The van der Waals surface area contributed by atoms with Gasteiger partial charge in [-0.25, -0.2) is 0 Å². The molecule has 5 heteroatoms. The van der Waals surface area contributed by atoms with Crippen LogP contribution in [0.5, 0.6) is 0 Å². The Labute approximate surface area is 503 Å². The van der Waals surface area contributed by atoms with Gasteiger partial charge in [0.1, 0.15) is 11.2 Å². The van der Waals surface area contributed by atoms with Gasteiger partial charge in [-0.3, -0.25) is 0 Å². The van der Waals surface area contributed by atoms with Gasteiger partial charge in [-0.2, -0.15) is 0 Å². The average molecular weight is 1110 g/mol. The molecule has 1 fully saturated rings. The van der Waals surface area contributed by atoms with Crippen LogP contribution in [0.2, 0.25) is 0 Å². The lowest BCUT2D eigenvalue weighted by Crippen LogP contribution is -2.64. The van der Waals surface area contributed by atoms with Crippen LogP contribution in [-0.2, 0) is 21.7 Å². The Bertz CT molecular complexity index is 4400. The van der Waals surface area contributed by atoms with E-state index in [4.69, 9.17) is 4.42 Å². The zero-order valence-corrected chi connectivity index (χ0v) is 51.4. The van der Waals surface area contributed by atoms with Gasteiger partial charge in [0.05, 0.1) is 11.2 Å². The van der Waals surface area contributed by atoms with Crippen molar-refractivity contribution in [3.63, 3.8) is 0 Å². The molecule has 0 N–H and O–H groups in total. The summed E-state index contributed by atoms with van der Waals surface area (Å²) in [5, 5.41) is 2.28. The van der Waals surface area contributed by atoms with E-state index in [1.165, 1.54) is 108 Å². The monoisotopic (exact) mass is 1110 g/mol. The molecule has 10 aromatic carbocycles. The summed E-state index contributed by atoms with van der Waals surface area (Å²) in [6, 6.07) is 81.3. The fourth-order valence-electron chi connectivity index (χ4n) is 15.4. The second kappa shape index (κ2) is 19.0. The second-order valence-electron chi connectivity index (χ2n) is 28.5. The first-order valence-corrected chi connectivity index (χ1v) is 31.1. The van der Waals surface area contributed by atoms with Crippen LogP contribution in [0.1, 0.15) is 124 Å². The summed E-state index contributed by atoms with van der Waals surface area (Å²) in [6.07, 6.45) is 4.63. The Hall–Kier alpha value is -8.54. The van der Waals surface area contributed by atoms with E-state index in [1.807, 2.05) is 0 Å². The molecular weight excluding hydrogens is 1030 g/mol. The van der Waals surface area contributed by atoms with Crippen LogP contribution in [0.4, 0.5) is 45.5 Å². The van der Waals surface area contributed by atoms with Crippen molar-refractivity contribution >= 4 is 90.5 Å². The molecule has 11 aromatic rings. The van der Waals surface area contributed by atoms with Crippen LogP contribution in [0.3, 0.4) is 0 Å². The summed E-state index contributed by atoms with van der Waals surface area (Å²) in [6.45, 7) is 26.0. The van der Waals surface area contributed by atoms with Crippen LogP contribution < -0.4 is 31.1 Å². The molecule has 4 aliphatic rings. The third kappa shape index (κ3) is 8.23. The number of benzene rings is 10. The maximum atomic E-state index is 6.73. The van der Waals surface area contributed by atoms with Crippen molar-refractivity contribution in [3.8, 4) is 33.4 Å². The van der Waals surface area contributed by atoms with E-state index in [0.29, 0.717) is 0 Å². The molecule has 2 atom stereocenters. The predicted octanol–water partition coefficient (Wildman–Crippen LogP) is 20.3. The highest BCUT2D eigenvalue weighted by Gasteiger charge is 2.61. The number of hydrogen-bond acceptors (Lipinski definition) is 4. The second-order valence-corrected chi connectivity index (χ2v) is 28.5. The summed E-state index contributed by atoms with van der Waals surface area (Å²) >= 11 is 0. The Kier molecular flexibility index (Phi) is 11.9. The molecule has 420 valence electrons. The zero-order chi connectivity index (χ0) is 58.5. The molecule has 3 aliphatic heterocycles. The fraction of sp³-hybridized carbons (Fsp3) is 0.250. The van der Waals surface area contributed by atoms with Crippen LogP contribution in [-0.4, -0.2) is 12.3 Å². The number of nitrogens with zero attached hydrogens (tertiary/aromatic N) is 3. The van der Waals surface area contributed by atoms with Gasteiger partial charge in [0.15, 0.2) is 0 Å². The largest absolute Gasteiger partial charge is 0.456 e. The molecule has 2 unspecified atom stereocenters. The molecular formula is C80H76BN3O. The molecule has 1 aliphatic carbocycles. The molecule has 85 heavy (non-hydrogen) atoms. The Morgan fingerprint density at radius 1 is 0.435 bits per heavy atom. The summed E-state index contributed by atoms with van der Waals surface area (Å²) in [5.74, 6) is 0. The minimum absolute atomic E-state index is 0.00452. The van der Waals surface area contributed by atoms with Crippen LogP contribution in [0.15, 0.2) is 217 Å². The smallest absolute Gasteiger partial charge is 0.252 e. The standard InChI is InChI=1S/C80H76BN3O/c1-76(2,3)55-31-36-58(37-32-55)82(59-38-33-56(34-39-59)77(4,5)6)60-40-41-65-68(50-60)83(67-42-35-57(78(7,8)9)49-63(67)52-25-16-13-17-26-52)69-47-54(61-28-22-30-72-73(61)62-27-18-19-29-71(62)85-72)48-70-74(69)81(65)66-46-53(51-23-14-12-15-24-51)45-64-75(66)84(70)80(11)44-21-20-43-79(64,80)10/h12-19,22-42,45-50H,20-21,43-44H2,1-11H3. The van der Waals surface area contributed by atoms with E-state index in [2.05, 4.69) is 303 Å². The lowest BCUT2D eigenvalue weighted by molar-refractivity contribution is 0.195. The SMILES string of the molecule is CC(C)(C)c1ccc(N(c2ccc(C(C)(C)C)cc2)c2ccc3c(c2)N(c2ccc(C(C)(C)C)cc2-c2ccccc2)c2cc(-c4cccc5oc6ccccc6c45)cc4c2B3c2cc(-c3ccccc3)cc3c2N4C2(C)CCCCC32C)cc1. The molecule has 1 aromatic heterocycles. The molecule has 0 spiro atoms. The van der Waals surface area contributed by atoms with Crippen molar-refractivity contribution in [2.75, 3.05) is 14.7 Å². The molecule has 0 amide bonds. The van der Waals surface area contributed by atoms with E-state index >= 15 is 0 Å². The minimum Gasteiger partial charge on any atom is -0.456 e. The van der Waals surface area contributed by atoms with Gasteiger partial charge in [-0.15, -0.1) is 0 Å². The Morgan fingerprint density at radius 2 is 1.02 bits per heavy atom. The van der Waals surface area contributed by atoms with Crippen molar-refractivity contribution in [1.82, 2.24) is 0 Å². The quantitative estimate of drug-likeness (QED) is 0.148. The normalized spacial score (nSPS) is 17.9. The topological polar surface area (TPSA) is 22.9 Å². The first kappa shape index (κ1) is 53.2. The minimum atomic E-state index is -0.201. The lowest BCUT2D eigenvalue weighted by Gasteiger charge is -2.53. The van der Waals surface area contributed by atoms with Crippen LogP contribution in [0, 0.1) is 0 Å².